The van der Waals surface area contributed by atoms with Crippen molar-refractivity contribution in [1.29, 1.82) is 0 Å². The zero-order valence-electron chi connectivity index (χ0n) is 11.4. The van der Waals surface area contributed by atoms with Crippen molar-refractivity contribution in [1.82, 2.24) is 4.98 Å². The fourth-order valence-corrected chi connectivity index (χ4v) is 2.50. The van der Waals surface area contributed by atoms with Gasteiger partial charge in [0.15, 0.2) is 0 Å². The monoisotopic (exact) mass is 277 g/mol. The van der Waals surface area contributed by atoms with Crippen molar-refractivity contribution in [3.63, 3.8) is 0 Å². The third-order valence-electron chi connectivity index (χ3n) is 3.50. The highest BCUT2D eigenvalue weighted by atomic mass is 16.3. The maximum Gasteiger partial charge on any atom is 0.123 e. The minimum absolute atomic E-state index is 0.102. The summed E-state index contributed by atoms with van der Waals surface area (Å²) >= 11 is 0. The van der Waals surface area contributed by atoms with Crippen LogP contribution in [0.4, 0.5) is 0 Å². The number of nitrogens with zero attached hydrogens (tertiary/aromatic N) is 1. The first-order chi connectivity index (χ1) is 10.3. The molecule has 2 N–H and O–H groups in total. The normalized spacial score (nSPS) is 10.5. The number of aliphatic hydroxyl groups is 1. The molecule has 3 rings (SSSR count). The van der Waals surface area contributed by atoms with Crippen molar-refractivity contribution in [3.05, 3.63) is 72.6 Å². The van der Waals surface area contributed by atoms with E-state index in [2.05, 4.69) is 4.98 Å². The van der Waals surface area contributed by atoms with E-state index in [-0.39, 0.29) is 12.4 Å². The maximum atomic E-state index is 10.1. The molecule has 0 spiro atoms. The number of benzene rings is 2. The molecule has 3 aromatic rings. The van der Waals surface area contributed by atoms with E-state index in [0.717, 1.165) is 22.3 Å². The molecular formula is C18H15NO2. The summed E-state index contributed by atoms with van der Waals surface area (Å²) < 4.78 is 0. The summed E-state index contributed by atoms with van der Waals surface area (Å²) in [5.74, 6) is 0.204. The van der Waals surface area contributed by atoms with Gasteiger partial charge in [0.25, 0.3) is 0 Å². The fraction of sp³-hybridized carbons (Fsp3) is 0.0556. The van der Waals surface area contributed by atoms with Crippen LogP contribution in [0.5, 0.6) is 5.75 Å². The SMILES string of the molecule is OCc1c(-c2cccnc2)cccc1-c1ccccc1O. The number of aliphatic hydroxyl groups excluding tert-OH is 1. The van der Waals surface area contributed by atoms with Crippen LogP contribution in [0.3, 0.4) is 0 Å². The summed E-state index contributed by atoms with van der Waals surface area (Å²) in [6, 6.07) is 16.7. The molecule has 0 amide bonds. The Morgan fingerprint density at radius 3 is 2.29 bits per heavy atom. The predicted molar refractivity (Wildman–Crippen MR) is 82.7 cm³/mol. The summed E-state index contributed by atoms with van der Waals surface area (Å²) in [5, 5.41) is 19.9. The van der Waals surface area contributed by atoms with Gasteiger partial charge in [0.05, 0.1) is 6.61 Å². The molecule has 0 saturated carbocycles. The highest BCUT2D eigenvalue weighted by Crippen LogP contribution is 2.36. The minimum atomic E-state index is -0.102. The highest BCUT2D eigenvalue weighted by Gasteiger charge is 2.13. The van der Waals surface area contributed by atoms with Gasteiger partial charge in [-0.3, -0.25) is 4.98 Å². The number of rotatable bonds is 3. The molecule has 21 heavy (non-hydrogen) atoms. The number of aromatic hydroxyl groups is 1. The van der Waals surface area contributed by atoms with Gasteiger partial charge < -0.3 is 10.2 Å². The summed E-state index contributed by atoms with van der Waals surface area (Å²) in [5.41, 5.74) is 4.20. The van der Waals surface area contributed by atoms with Gasteiger partial charge in [0.1, 0.15) is 5.75 Å². The van der Waals surface area contributed by atoms with Gasteiger partial charge in [-0.1, -0.05) is 42.5 Å². The molecule has 0 aliphatic rings. The lowest BCUT2D eigenvalue weighted by molar-refractivity contribution is 0.283. The molecule has 3 nitrogen and oxygen atoms in total. The molecule has 0 saturated heterocycles. The molecule has 1 heterocycles. The van der Waals surface area contributed by atoms with Gasteiger partial charge >= 0.3 is 0 Å². The Labute approximate surface area is 123 Å². The van der Waals surface area contributed by atoms with Crippen LogP contribution in [0.1, 0.15) is 5.56 Å². The Bertz CT molecular complexity index is 754. The molecule has 0 radical (unpaired) electrons. The van der Waals surface area contributed by atoms with E-state index in [1.165, 1.54) is 0 Å². The molecule has 0 aliphatic heterocycles. The van der Waals surface area contributed by atoms with E-state index in [1.807, 2.05) is 42.5 Å². The lowest BCUT2D eigenvalue weighted by Gasteiger charge is -2.14. The lowest BCUT2D eigenvalue weighted by atomic mass is 9.92. The quantitative estimate of drug-likeness (QED) is 0.769. The standard InChI is InChI=1S/C18H15NO2/c20-12-17-14(13-5-4-10-19-11-13)7-3-8-15(17)16-6-1-2-9-18(16)21/h1-11,20-21H,12H2. The molecule has 0 bridgehead atoms. The van der Waals surface area contributed by atoms with E-state index in [4.69, 9.17) is 0 Å². The lowest BCUT2D eigenvalue weighted by Crippen LogP contribution is -1.94. The number of phenolic OH excluding ortho intramolecular Hbond substituents is 1. The van der Waals surface area contributed by atoms with Crippen LogP contribution in [-0.4, -0.2) is 15.2 Å². The average Bonchev–Trinajstić information content (AvgIpc) is 2.55. The molecule has 1 aromatic heterocycles. The Morgan fingerprint density at radius 1 is 0.810 bits per heavy atom. The largest absolute Gasteiger partial charge is 0.507 e. The molecule has 0 fully saturated rings. The van der Waals surface area contributed by atoms with Gasteiger partial charge in [-0.05, 0) is 28.8 Å². The number of aromatic nitrogens is 1. The molecule has 3 heteroatoms. The van der Waals surface area contributed by atoms with Crippen molar-refractivity contribution in [2.24, 2.45) is 0 Å². The van der Waals surface area contributed by atoms with Crippen molar-refractivity contribution >= 4 is 0 Å². The zero-order chi connectivity index (χ0) is 14.7. The molecule has 104 valence electrons. The third-order valence-corrected chi connectivity index (χ3v) is 3.50. The van der Waals surface area contributed by atoms with Gasteiger partial charge in [0.2, 0.25) is 0 Å². The Morgan fingerprint density at radius 2 is 1.57 bits per heavy atom. The first-order valence-electron chi connectivity index (χ1n) is 6.73. The number of hydrogen-bond acceptors (Lipinski definition) is 3. The second-order valence-electron chi connectivity index (χ2n) is 4.75. The summed E-state index contributed by atoms with van der Waals surface area (Å²) in [4.78, 5) is 4.13. The van der Waals surface area contributed by atoms with Crippen molar-refractivity contribution in [3.8, 4) is 28.0 Å². The van der Waals surface area contributed by atoms with Crippen LogP contribution in [0.25, 0.3) is 22.3 Å². The van der Waals surface area contributed by atoms with E-state index in [0.29, 0.717) is 5.56 Å². The van der Waals surface area contributed by atoms with Crippen molar-refractivity contribution in [2.45, 2.75) is 6.61 Å². The zero-order valence-corrected chi connectivity index (χ0v) is 11.4. The first-order valence-corrected chi connectivity index (χ1v) is 6.73. The Kier molecular flexibility index (Phi) is 3.67. The molecule has 2 aromatic carbocycles. The van der Waals surface area contributed by atoms with Crippen LogP contribution in [0.15, 0.2) is 67.0 Å². The second kappa shape index (κ2) is 5.77. The fourth-order valence-electron chi connectivity index (χ4n) is 2.50. The highest BCUT2D eigenvalue weighted by molar-refractivity contribution is 5.80. The summed E-state index contributed by atoms with van der Waals surface area (Å²) in [6.45, 7) is -0.102. The molecular weight excluding hydrogens is 262 g/mol. The van der Waals surface area contributed by atoms with Gasteiger partial charge in [-0.25, -0.2) is 0 Å². The second-order valence-corrected chi connectivity index (χ2v) is 4.75. The van der Waals surface area contributed by atoms with Crippen molar-refractivity contribution < 1.29 is 10.2 Å². The van der Waals surface area contributed by atoms with Crippen LogP contribution < -0.4 is 0 Å². The Hall–Kier alpha value is -2.65. The third kappa shape index (κ3) is 2.51. The number of hydrogen-bond donors (Lipinski definition) is 2. The molecule has 0 aliphatic carbocycles. The predicted octanol–water partition coefficient (Wildman–Crippen LogP) is 3.61. The van der Waals surface area contributed by atoms with Crippen LogP contribution >= 0.6 is 0 Å². The molecule has 0 unspecified atom stereocenters. The number of pyridine rings is 1. The van der Waals surface area contributed by atoms with E-state index in [1.54, 1.807) is 24.5 Å². The number of para-hydroxylation sites is 1. The van der Waals surface area contributed by atoms with E-state index >= 15 is 0 Å². The van der Waals surface area contributed by atoms with Gasteiger partial charge in [-0.2, -0.15) is 0 Å². The van der Waals surface area contributed by atoms with Crippen molar-refractivity contribution in [2.75, 3.05) is 0 Å². The Balaban J connectivity index is 2.22. The topological polar surface area (TPSA) is 53.4 Å². The summed E-state index contributed by atoms with van der Waals surface area (Å²) in [6.07, 6.45) is 3.48. The van der Waals surface area contributed by atoms with Crippen LogP contribution in [0, 0.1) is 0 Å². The van der Waals surface area contributed by atoms with E-state index in [9.17, 15) is 10.2 Å². The molecule has 0 atom stereocenters. The average molecular weight is 277 g/mol. The first kappa shape index (κ1) is 13.3. The van der Waals surface area contributed by atoms with Crippen LogP contribution in [-0.2, 0) is 6.61 Å². The van der Waals surface area contributed by atoms with Crippen LogP contribution in [0.2, 0.25) is 0 Å². The van der Waals surface area contributed by atoms with E-state index < -0.39 is 0 Å². The smallest absolute Gasteiger partial charge is 0.123 e. The summed E-state index contributed by atoms with van der Waals surface area (Å²) in [7, 11) is 0. The van der Waals surface area contributed by atoms with Gasteiger partial charge in [-0.15, -0.1) is 0 Å². The van der Waals surface area contributed by atoms with Gasteiger partial charge in [0, 0.05) is 23.5 Å². The minimum Gasteiger partial charge on any atom is -0.507 e. The maximum absolute atomic E-state index is 10.1. The number of phenols is 1.